The van der Waals surface area contributed by atoms with E-state index in [1.165, 1.54) is 44.9 Å². The number of carbonyl (C=O) groups excluding carboxylic acids is 1. The Hall–Kier alpha value is -0.570. The first-order valence-corrected chi connectivity index (χ1v) is 7.28. The van der Waals surface area contributed by atoms with E-state index in [2.05, 4.69) is 17.6 Å². The maximum Gasteiger partial charge on any atom is 0.221 e. The van der Waals surface area contributed by atoms with Gasteiger partial charge in [-0.15, -0.1) is 0 Å². The molecule has 2 aliphatic rings. The van der Waals surface area contributed by atoms with Crippen LogP contribution >= 0.6 is 0 Å². The molecule has 0 radical (unpaired) electrons. The zero-order valence-electron chi connectivity index (χ0n) is 11.0. The van der Waals surface area contributed by atoms with Crippen LogP contribution in [-0.2, 0) is 4.79 Å². The highest BCUT2D eigenvalue weighted by Crippen LogP contribution is 2.26. The smallest absolute Gasteiger partial charge is 0.221 e. The first-order chi connectivity index (χ1) is 8.25. The second-order valence-electron chi connectivity index (χ2n) is 5.73. The fourth-order valence-corrected chi connectivity index (χ4v) is 2.74. The predicted molar refractivity (Wildman–Crippen MR) is 69.8 cm³/mol. The van der Waals surface area contributed by atoms with Crippen molar-refractivity contribution >= 4 is 5.91 Å². The van der Waals surface area contributed by atoms with E-state index in [0.717, 1.165) is 12.5 Å². The molecule has 3 heteroatoms. The van der Waals surface area contributed by atoms with Crippen molar-refractivity contribution in [1.82, 2.24) is 10.6 Å². The van der Waals surface area contributed by atoms with Gasteiger partial charge in [-0.05, 0) is 38.5 Å². The van der Waals surface area contributed by atoms with Crippen LogP contribution in [0.4, 0.5) is 0 Å². The van der Waals surface area contributed by atoms with Gasteiger partial charge in [0.15, 0.2) is 0 Å². The van der Waals surface area contributed by atoms with Crippen LogP contribution in [0.3, 0.4) is 0 Å². The van der Waals surface area contributed by atoms with E-state index in [1.807, 2.05) is 0 Å². The first-order valence-electron chi connectivity index (χ1n) is 7.28. The Morgan fingerprint density at radius 2 is 1.88 bits per heavy atom. The van der Waals surface area contributed by atoms with Crippen LogP contribution in [-0.4, -0.2) is 24.5 Å². The highest BCUT2D eigenvalue weighted by molar-refractivity contribution is 5.76. The van der Waals surface area contributed by atoms with Gasteiger partial charge < -0.3 is 10.6 Å². The predicted octanol–water partition coefficient (Wildman–Crippen LogP) is 2.21. The Kier molecular flexibility index (Phi) is 4.84. The van der Waals surface area contributed by atoms with Crippen molar-refractivity contribution in [2.24, 2.45) is 5.92 Å². The summed E-state index contributed by atoms with van der Waals surface area (Å²) in [5.74, 6) is 1.05. The second-order valence-corrected chi connectivity index (χ2v) is 5.73. The largest absolute Gasteiger partial charge is 0.353 e. The summed E-state index contributed by atoms with van der Waals surface area (Å²) in [7, 11) is 0. The van der Waals surface area contributed by atoms with Crippen LogP contribution in [0.2, 0.25) is 0 Å². The lowest BCUT2D eigenvalue weighted by molar-refractivity contribution is -0.121. The summed E-state index contributed by atoms with van der Waals surface area (Å²) in [6.07, 6.45) is 9.90. The number of carbonyl (C=O) groups is 1. The maximum absolute atomic E-state index is 11.5. The third-order valence-corrected chi connectivity index (χ3v) is 4.12. The zero-order valence-corrected chi connectivity index (χ0v) is 11.0. The van der Waals surface area contributed by atoms with Crippen molar-refractivity contribution < 1.29 is 4.79 Å². The van der Waals surface area contributed by atoms with Crippen LogP contribution < -0.4 is 10.6 Å². The molecular weight excluding hydrogens is 212 g/mol. The maximum atomic E-state index is 11.5. The first kappa shape index (κ1) is 12.9. The minimum atomic E-state index is 0.218. The third-order valence-electron chi connectivity index (χ3n) is 4.12. The molecule has 2 rings (SSSR count). The Morgan fingerprint density at radius 3 is 2.53 bits per heavy atom. The molecule has 0 aromatic carbocycles. The summed E-state index contributed by atoms with van der Waals surface area (Å²) in [5.41, 5.74) is 0. The van der Waals surface area contributed by atoms with Gasteiger partial charge in [-0.25, -0.2) is 0 Å². The van der Waals surface area contributed by atoms with Crippen molar-refractivity contribution in [2.45, 2.75) is 70.4 Å². The fourth-order valence-electron chi connectivity index (χ4n) is 2.74. The van der Waals surface area contributed by atoms with Gasteiger partial charge in [0.05, 0.1) is 0 Å². The summed E-state index contributed by atoms with van der Waals surface area (Å²) < 4.78 is 0. The summed E-state index contributed by atoms with van der Waals surface area (Å²) in [5, 5.41) is 6.54. The van der Waals surface area contributed by atoms with E-state index in [4.69, 9.17) is 0 Å². The molecule has 3 nitrogen and oxygen atoms in total. The molecule has 0 aromatic heterocycles. The average Bonchev–Trinajstić information content (AvgIpc) is 3.14. The minimum absolute atomic E-state index is 0.218. The van der Waals surface area contributed by atoms with E-state index in [1.54, 1.807) is 0 Å². The topological polar surface area (TPSA) is 41.1 Å². The lowest BCUT2D eigenvalue weighted by atomic mass is 9.84. The molecule has 2 aliphatic carbocycles. The van der Waals surface area contributed by atoms with Crippen LogP contribution in [0, 0.1) is 5.92 Å². The highest BCUT2D eigenvalue weighted by atomic mass is 16.1. The van der Waals surface area contributed by atoms with Gasteiger partial charge >= 0.3 is 0 Å². The molecule has 0 unspecified atom stereocenters. The number of nitrogens with one attached hydrogen (secondary N) is 2. The SMILES string of the molecule is C[C@H](NCCC(=O)NC1CC1)C1CCCCC1. The second kappa shape index (κ2) is 6.39. The van der Waals surface area contributed by atoms with Gasteiger partial charge in [0.1, 0.15) is 0 Å². The van der Waals surface area contributed by atoms with Gasteiger partial charge in [0.25, 0.3) is 0 Å². The summed E-state index contributed by atoms with van der Waals surface area (Å²) in [6, 6.07) is 1.07. The van der Waals surface area contributed by atoms with Crippen LogP contribution in [0.15, 0.2) is 0 Å². The lowest BCUT2D eigenvalue weighted by Gasteiger charge is -2.28. The number of amides is 1. The number of hydrogen-bond acceptors (Lipinski definition) is 2. The standard InChI is InChI=1S/C14H26N2O/c1-11(12-5-3-2-4-6-12)15-10-9-14(17)16-13-7-8-13/h11-13,15H,2-10H2,1H3,(H,16,17)/t11-/m0/s1. The van der Waals surface area contributed by atoms with Gasteiger partial charge in [-0.1, -0.05) is 19.3 Å². The third kappa shape index (κ3) is 4.66. The monoisotopic (exact) mass is 238 g/mol. The quantitative estimate of drug-likeness (QED) is 0.745. The molecule has 2 N–H and O–H groups in total. The van der Waals surface area contributed by atoms with Gasteiger partial charge in [-0.3, -0.25) is 4.79 Å². The molecule has 0 aromatic rings. The zero-order chi connectivity index (χ0) is 12.1. The molecule has 1 amide bonds. The van der Waals surface area contributed by atoms with Crippen molar-refractivity contribution in [3.63, 3.8) is 0 Å². The Labute approximate surface area is 105 Å². The van der Waals surface area contributed by atoms with Crippen molar-refractivity contribution in [1.29, 1.82) is 0 Å². The van der Waals surface area contributed by atoms with Gasteiger partial charge in [0.2, 0.25) is 5.91 Å². The summed E-state index contributed by atoms with van der Waals surface area (Å²) >= 11 is 0. The lowest BCUT2D eigenvalue weighted by Crippen LogP contribution is -2.37. The molecule has 1 atom stereocenters. The van der Waals surface area contributed by atoms with Crippen molar-refractivity contribution in [2.75, 3.05) is 6.54 Å². The van der Waals surface area contributed by atoms with Gasteiger partial charge in [0, 0.05) is 25.0 Å². The van der Waals surface area contributed by atoms with Crippen LogP contribution in [0.1, 0.15) is 58.3 Å². The molecule has 0 saturated heterocycles. The fraction of sp³-hybridized carbons (Fsp3) is 0.929. The summed E-state index contributed by atoms with van der Waals surface area (Å²) in [4.78, 5) is 11.5. The van der Waals surface area contributed by atoms with Crippen LogP contribution in [0.5, 0.6) is 0 Å². The molecule has 0 spiro atoms. The Bertz CT molecular complexity index is 245. The van der Waals surface area contributed by atoms with Gasteiger partial charge in [-0.2, -0.15) is 0 Å². The molecule has 0 bridgehead atoms. The molecule has 17 heavy (non-hydrogen) atoms. The minimum Gasteiger partial charge on any atom is -0.353 e. The Balaban J connectivity index is 1.55. The van der Waals surface area contributed by atoms with E-state index in [-0.39, 0.29) is 5.91 Å². The molecular formula is C14H26N2O. The van der Waals surface area contributed by atoms with Crippen molar-refractivity contribution in [3.05, 3.63) is 0 Å². The molecule has 0 aliphatic heterocycles. The van der Waals surface area contributed by atoms with E-state index < -0.39 is 0 Å². The summed E-state index contributed by atoms with van der Waals surface area (Å²) in [6.45, 7) is 3.10. The van der Waals surface area contributed by atoms with E-state index in [9.17, 15) is 4.79 Å². The Morgan fingerprint density at radius 1 is 1.18 bits per heavy atom. The molecule has 2 fully saturated rings. The number of rotatable bonds is 6. The average molecular weight is 238 g/mol. The molecule has 0 heterocycles. The molecule has 2 saturated carbocycles. The van der Waals surface area contributed by atoms with Crippen LogP contribution in [0.25, 0.3) is 0 Å². The number of hydrogen-bond donors (Lipinski definition) is 2. The van der Waals surface area contributed by atoms with Crippen molar-refractivity contribution in [3.8, 4) is 0 Å². The normalized spacial score (nSPS) is 23.4. The van der Waals surface area contributed by atoms with E-state index >= 15 is 0 Å². The molecule has 98 valence electrons. The van der Waals surface area contributed by atoms with E-state index in [0.29, 0.717) is 18.5 Å². The highest BCUT2D eigenvalue weighted by Gasteiger charge is 2.23.